The molecule has 0 amide bonds. The Morgan fingerprint density at radius 2 is 1.77 bits per heavy atom. The summed E-state index contributed by atoms with van der Waals surface area (Å²) >= 11 is 5.17. The van der Waals surface area contributed by atoms with Gasteiger partial charge in [0.1, 0.15) is 17.4 Å². The number of aromatic nitrogens is 1. The maximum atomic E-state index is 5.90. The van der Waals surface area contributed by atoms with Gasteiger partial charge in [-0.15, -0.1) is 11.3 Å². The summed E-state index contributed by atoms with van der Waals surface area (Å²) in [7, 11) is 0. The molecule has 4 rings (SSSR count). The minimum Gasteiger partial charge on any atom is -0.486 e. The van der Waals surface area contributed by atoms with Gasteiger partial charge in [0.15, 0.2) is 0 Å². The quantitative estimate of drug-likeness (QED) is 0.455. The third-order valence-electron chi connectivity index (χ3n) is 3.47. The van der Waals surface area contributed by atoms with E-state index in [9.17, 15) is 0 Å². The predicted molar refractivity (Wildman–Crippen MR) is 95.6 cm³/mol. The fourth-order valence-corrected chi connectivity index (χ4v) is 3.67. The molecule has 0 aliphatic carbocycles. The standard InChI is InChI=1S/C18H12BrNOS/c19-14-7-5-13-10-15(8-6-12(13)9-14)21-11-18-20-16-3-1-2-4-17(16)22-18/h1-10H,11H2. The van der Waals surface area contributed by atoms with E-state index in [0.717, 1.165) is 20.7 Å². The monoisotopic (exact) mass is 369 g/mol. The zero-order valence-corrected chi connectivity index (χ0v) is 14.0. The van der Waals surface area contributed by atoms with Gasteiger partial charge in [-0.1, -0.05) is 40.2 Å². The van der Waals surface area contributed by atoms with Gasteiger partial charge >= 0.3 is 0 Å². The van der Waals surface area contributed by atoms with Gasteiger partial charge in [0.25, 0.3) is 0 Å². The number of rotatable bonds is 3. The van der Waals surface area contributed by atoms with Crippen LogP contribution in [0.15, 0.2) is 65.1 Å². The van der Waals surface area contributed by atoms with Crippen molar-refractivity contribution in [3.8, 4) is 5.75 Å². The van der Waals surface area contributed by atoms with Gasteiger partial charge in [-0.3, -0.25) is 0 Å². The number of hydrogen-bond donors (Lipinski definition) is 0. The summed E-state index contributed by atoms with van der Waals surface area (Å²) in [6.07, 6.45) is 0. The Labute approximate surface area is 140 Å². The molecule has 1 heterocycles. The molecule has 0 spiro atoms. The highest BCUT2D eigenvalue weighted by molar-refractivity contribution is 9.10. The molecule has 4 heteroatoms. The van der Waals surface area contributed by atoms with Gasteiger partial charge in [-0.2, -0.15) is 0 Å². The Morgan fingerprint density at radius 1 is 0.955 bits per heavy atom. The average Bonchev–Trinajstić information content (AvgIpc) is 2.95. The SMILES string of the molecule is Brc1ccc2cc(OCc3nc4ccccc4s3)ccc2c1. The lowest BCUT2D eigenvalue weighted by atomic mass is 10.1. The highest BCUT2D eigenvalue weighted by Gasteiger charge is 2.04. The molecule has 108 valence electrons. The third kappa shape index (κ3) is 2.72. The first kappa shape index (κ1) is 13.7. The van der Waals surface area contributed by atoms with Gasteiger partial charge in [0.05, 0.1) is 10.2 Å². The molecule has 0 bridgehead atoms. The molecule has 0 saturated heterocycles. The number of fused-ring (bicyclic) bond motifs is 2. The summed E-state index contributed by atoms with van der Waals surface area (Å²) in [6.45, 7) is 0.501. The fourth-order valence-electron chi connectivity index (χ4n) is 2.41. The van der Waals surface area contributed by atoms with E-state index in [1.165, 1.54) is 15.5 Å². The van der Waals surface area contributed by atoms with Crippen LogP contribution in [0.1, 0.15) is 5.01 Å². The van der Waals surface area contributed by atoms with Crippen molar-refractivity contribution < 1.29 is 4.74 Å². The molecule has 0 radical (unpaired) electrons. The van der Waals surface area contributed by atoms with Crippen LogP contribution in [0.2, 0.25) is 0 Å². The number of thiazole rings is 1. The highest BCUT2D eigenvalue weighted by atomic mass is 79.9. The smallest absolute Gasteiger partial charge is 0.140 e. The van der Waals surface area contributed by atoms with E-state index in [1.54, 1.807) is 11.3 Å². The number of para-hydroxylation sites is 1. The first-order valence-corrected chi connectivity index (χ1v) is 8.55. The number of hydrogen-bond acceptors (Lipinski definition) is 3. The van der Waals surface area contributed by atoms with E-state index in [4.69, 9.17) is 4.74 Å². The molecule has 0 fully saturated rings. The van der Waals surface area contributed by atoms with Crippen molar-refractivity contribution in [2.24, 2.45) is 0 Å². The van der Waals surface area contributed by atoms with Gasteiger partial charge < -0.3 is 4.74 Å². The molecule has 3 aromatic carbocycles. The lowest BCUT2D eigenvalue weighted by molar-refractivity contribution is 0.306. The number of ether oxygens (including phenoxy) is 1. The Bertz CT molecular complexity index is 931. The van der Waals surface area contributed by atoms with Crippen molar-refractivity contribution in [3.63, 3.8) is 0 Å². The maximum absolute atomic E-state index is 5.90. The lowest BCUT2D eigenvalue weighted by Gasteiger charge is -2.06. The van der Waals surface area contributed by atoms with Gasteiger partial charge in [0.2, 0.25) is 0 Å². The van der Waals surface area contributed by atoms with Crippen LogP contribution < -0.4 is 4.74 Å². The van der Waals surface area contributed by atoms with Crippen molar-refractivity contribution >= 4 is 48.3 Å². The number of benzene rings is 3. The Balaban J connectivity index is 1.56. The molecule has 0 saturated carbocycles. The largest absolute Gasteiger partial charge is 0.486 e. The van der Waals surface area contributed by atoms with E-state index in [-0.39, 0.29) is 0 Å². The van der Waals surface area contributed by atoms with Gasteiger partial charge in [0, 0.05) is 4.47 Å². The van der Waals surface area contributed by atoms with Crippen LogP contribution in [-0.4, -0.2) is 4.98 Å². The third-order valence-corrected chi connectivity index (χ3v) is 4.98. The number of nitrogens with zero attached hydrogens (tertiary/aromatic N) is 1. The van der Waals surface area contributed by atoms with Crippen molar-refractivity contribution in [3.05, 3.63) is 70.1 Å². The zero-order valence-electron chi connectivity index (χ0n) is 11.6. The van der Waals surface area contributed by atoms with Gasteiger partial charge in [-0.05, 0) is 47.2 Å². The molecule has 1 aromatic heterocycles. The predicted octanol–water partition coefficient (Wildman–Crippen LogP) is 5.79. The molecular formula is C18H12BrNOS. The second-order valence-electron chi connectivity index (χ2n) is 5.02. The van der Waals surface area contributed by atoms with E-state index >= 15 is 0 Å². The minimum atomic E-state index is 0.501. The summed E-state index contributed by atoms with van der Waals surface area (Å²) in [6, 6.07) is 20.5. The molecule has 22 heavy (non-hydrogen) atoms. The van der Waals surface area contributed by atoms with E-state index in [2.05, 4.69) is 51.2 Å². The minimum absolute atomic E-state index is 0.501. The molecule has 0 aliphatic rings. The molecule has 2 nitrogen and oxygen atoms in total. The summed E-state index contributed by atoms with van der Waals surface area (Å²) in [5.41, 5.74) is 1.04. The Morgan fingerprint density at radius 3 is 2.68 bits per heavy atom. The molecule has 0 aliphatic heterocycles. The van der Waals surface area contributed by atoms with Crippen LogP contribution in [0, 0.1) is 0 Å². The summed E-state index contributed by atoms with van der Waals surface area (Å²) < 4.78 is 8.18. The molecule has 0 atom stereocenters. The average molecular weight is 370 g/mol. The van der Waals surface area contributed by atoms with Crippen molar-refractivity contribution in [2.75, 3.05) is 0 Å². The van der Waals surface area contributed by atoms with Crippen LogP contribution in [0.25, 0.3) is 21.0 Å². The van der Waals surface area contributed by atoms with Crippen molar-refractivity contribution in [1.82, 2.24) is 4.98 Å². The Kier molecular flexibility index (Phi) is 3.56. The normalized spacial score (nSPS) is 11.1. The highest BCUT2D eigenvalue weighted by Crippen LogP contribution is 2.26. The van der Waals surface area contributed by atoms with Crippen molar-refractivity contribution in [2.45, 2.75) is 6.61 Å². The van der Waals surface area contributed by atoms with Crippen LogP contribution >= 0.6 is 27.3 Å². The van der Waals surface area contributed by atoms with Crippen molar-refractivity contribution in [1.29, 1.82) is 0 Å². The zero-order chi connectivity index (χ0) is 14.9. The summed E-state index contributed by atoms with van der Waals surface area (Å²) in [4.78, 5) is 4.59. The Hall–Kier alpha value is -1.91. The molecule has 0 N–H and O–H groups in total. The van der Waals surface area contributed by atoms with Crippen LogP contribution in [0.5, 0.6) is 5.75 Å². The van der Waals surface area contributed by atoms with E-state index in [0.29, 0.717) is 6.61 Å². The second-order valence-corrected chi connectivity index (χ2v) is 7.05. The molecule has 0 unspecified atom stereocenters. The van der Waals surface area contributed by atoms with E-state index in [1.807, 2.05) is 30.3 Å². The fraction of sp³-hybridized carbons (Fsp3) is 0.0556. The van der Waals surface area contributed by atoms with Crippen LogP contribution in [0.4, 0.5) is 0 Å². The van der Waals surface area contributed by atoms with Crippen LogP contribution in [-0.2, 0) is 6.61 Å². The first-order chi connectivity index (χ1) is 10.8. The first-order valence-electron chi connectivity index (χ1n) is 6.94. The topological polar surface area (TPSA) is 22.1 Å². The summed E-state index contributed by atoms with van der Waals surface area (Å²) in [5.74, 6) is 0.870. The lowest BCUT2D eigenvalue weighted by Crippen LogP contribution is -1.94. The van der Waals surface area contributed by atoms with E-state index < -0.39 is 0 Å². The molecular weight excluding hydrogens is 358 g/mol. The maximum Gasteiger partial charge on any atom is 0.140 e. The second kappa shape index (κ2) is 5.71. The molecule has 4 aromatic rings. The number of halogens is 1. The summed E-state index contributed by atoms with van der Waals surface area (Å²) in [5, 5.41) is 3.36. The van der Waals surface area contributed by atoms with Crippen LogP contribution in [0.3, 0.4) is 0 Å². The van der Waals surface area contributed by atoms with Gasteiger partial charge in [-0.25, -0.2) is 4.98 Å².